The van der Waals surface area contributed by atoms with Crippen LogP contribution in [0, 0.1) is 24.3 Å². The van der Waals surface area contributed by atoms with Crippen molar-refractivity contribution in [2.75, 3.05) is 0 Å². The first kappa shape index (κ1) is 19.2. The van der Waals surface area contributed by atoms with E-state index in [0.717, 1.165) is 17.7 Å². The van der Waals surface area contributed by atoms with Gasteiger partial charge in [0.2, 0.25) is 0 Å². The van der Waals surface area contributed by atoms with Gasteiger partial charge in [0, 0.05) is 0 Å². The molecule has 0 aromatic heterocycles. The van der Waals surface area contributed by atoms with E-state index in [9.17, 15) is 16.8 Å². The summed E-state index contributed by atoms with van der Waals surface area (Å²) in [6.07, 6.45) is 0. The maximum atomic E-state index is 12.6. The molecule has 0 heterocycles. The van der Waals surface area contributed by atoms with Crippen molar-refractivity contribution in [1.82, 2.24) is 0 Å². The molecule has 0 radical (unpaired) electrons. The van der Waals surface area contributed by atoms with Gasteiger partial charge in [-0.15, -0.1) is 0 Å². The highest BCUT2D eigenvalue weighted by molar-refractivity contribution is 14.1. The van der Waals surface area contributed by atoms with Crippen LogP contribution in [-0.2, 0) is 20.2 Å². The number of aryl methyl sites for hydroxylation is 3. The Balaban J connectivity index is 2.48. The third-order valence-corrected chi connectivity index (χ3v) is 6.49. The van der Waals surface area contributed by atoms with Crippen molar-refractivity contribution in [2.45, 2.75) is 30.6 Å². The maximum absolute atomic E-state index is 12.6. The summed E-state index contributed by atoms with van der Waals surface area (Å²) in [5, 5.41) is 0. The summed E-state index contributed by atoms with van der Waals surface area (Å²) < 4.78 is 61.9. The zero-order valence-electron chi connectivity index (χ0n) is 13.1. The molecule has 0 spiro atoms. The average molecular weight is 482 g/mol. The fourth-order valence-corrected chi connectivity index (χ4v) is 5.30. The predicted molar refractivity (Wildman–Crippen MR) is 97.4 cm³/mol. The average Bonchev–Trinajstić information content (AvgIpc) is 2.37. The molecule has 0 aliphatic heterocycles. The largest absolute Gasteiger partial charge is 0.378 e. The molecule has 0 saturated heterocycles. The second kappa shape index (κ2) is 6.62. The van der Waals surface area contributed by atoms with Gasteiger partial charge in [0.1, 0.15) is 4.90 Å². The molecule has 0 amide bonds. The molecule has 0 unspecified atom stereocenters. The fraction of sp³-hybridized carbons (Fsp3) is 0.200. The van der Waals surface area contributed by atoms with E-state index in [2.05, 4.69) is 0 Å². The first-order valence-electron chi connectivity index (χ1n) is 6.71. The van der Waals surface area contributed by atoms with Crippen molar-refractivity contribution >= 4 is 42.8 Å². The number of hydrogen-bond donors (Lipinski definition) is 1. The lowest BCUT2D eigenvalue weighted by molar-refractivity contribution is 0.481. The molecule has 0 atom stereocenters. The first-order valence-corrected chi connectivity index (χ1v) is 10.6. The minimum atomic E-state index is -4.37. The smallest absolute Gasteiger partial charge is 0.339 e. The zero-order chi connectivity index (χ0) is 18.3. The van der Waals surface area contributed by atoms with Crippen molar-refractivity contribution in [3.63, 3.8) is 0 Å². The molecule has 6 nitrogen and oxygen atoms in total. The number of rotatable bonds is 4. The summed E-state index contributed by atoms with van der Waals surface area (Å²) in [5.74, 6) is -0.0117. The van der Waals surface area contributed by atoms with E-state index < -0.39 is 20.2 Å². The van der Waals surface area contributed by atoms with E-state index in [1.54, 1.807) is 48.6 Å². The molecule has 0 aliphatic carbocycles. The van der Waals surface area contributed by atoms with Crippen molar-refractivity contribution in [3.8, 4) is 5.75 Å². The molecule has 0 bridgehead atoms. The predicted octanol–water partition coefficient (Wildman–Crippen LogP) is 3.23. The van der Waals surface area contributed by atoms with Gasteiger partial charge in [-0.3, -0.25) is 4.55 Å². The molecule has 2 aromatic rings. The summed E-state index contributed by atoms with van der Waals surface area (Å²) in [5.41, 5.74) is 2.07. The summed E-state index contributed by atoms with van der Waals surface area (Å²) in [6, 6.07) is 6.90. The van der Waals surface area contributed by atoms with Crippen molar-refractivity contribution in [1.29, 1.82) is 0 Å². The van der Waals surface area contributed by atoms with E-state index in [4.69, 9.17) is 8.74 Å². The standard InChI is InChI=1S/C15H15IO6S2/c1-9-6-10(2)15(11(3)7-9)24(20,21)22-14-5-4-12(8-13(14)16)23(17,18)19/h4-8H,1-3H3,(H,17,18,19). The zero-order valence-corrected chi connectivity index (χ0v) is 16.9. The van der Waals surface area contributed by atoms with Crippen LogP contribution in [0.2, 0.25) is 0 Å². The summed E-state index contributed by atoms with van der Waals surface area (Å²) in [6.45, 7) is 5.24. The molecule has 2 rings (SSSR count). The second-order valence-corrected chi connectivity index (χ2v) is 9.40. The van der Waals surface area contributed by atoms with Crippen LogP contribution >= 0.6 is 22.6 Å². The van der Waals surface area contributed by atoms with Gasteiger partial charge >= 0.3 is 10.1 Å². The Bertz CT molecular complexity index is 987. The molecular weight excluding hydrogens is 467 g/mol. The molecular formula is C15H15IO6S2. The molecule has 24 heavy (non-hydrogen) atoms. The molecule has 1 N–H and O–H groups in total. The van der Waals surface area contributed by atoms with Gasteiger partial charge in [0.05, 0.1) is 8.47 Å². The van der Waals surface area contributed by atoms with Gasteiger partial charge in [-0.1, -0.05) is 17.7 Å². The summed E-state index contributed by atoms with van der Waals surface area (Å²) >= 11 is 1.74. The highest BCUT2D eigenvalue weighted by Crippen LogP contribution is 2.29. The third-order valence-electron chi connectivity index (χ3n) is 3.26. The topological polar surface area (TPSA) is 97.7 Å². The van der Waals surface area contributed by atoms with Crippen LogP contribution in [0.25, 0.3) is 0 Å². The SMILES string of the molecule is Cc1cc(C)c(S(=O)(=O)Oc2ccc(S(=O)(=O)O)cc2I)c(C)c1. The van der Waals surface area contributed by atoms with E-state index in [0.29, 0.717) is 11.1 Å². The Morgan fingerprint density at radius 1 is 0.958 bits per heavy atom. The van der Waals surface area contributed by atoms with Gasteiger partial charge in [0.15, 0.2) is 5.75 Å². The highest BCUT2D eigenvalue weighted by atomic mass is 127. The van der Waals surface area contributed by atoms with E-state index in [1.165, 1.54) is 6.07 Å². The Labute approximate surface area is 154 Å². The van der Waals surface area contributed by atoms with Crippen LogP contribution in [0.15, 0.2) is 40.1 Å². The van der Waals surface area contributed by atoms with Crippen LogP contribution in [0.1, 0.15) is 16.7 Å². The highest BCUT2D eigenvalue weighted by Gasteiger charge is 2.24. The van der Waals surface area contributed by atoms with Gasteiger partial charge in [0.25, 0.3) is 10.1 Å². The molecule has 0 aliphatic rings. The third kappa shape index (κ3) is 4.08. The maximum Gasteiger partial charge on any atom is 0.339 e. The van der Waals surface area contributed by atoms with E-state index in [-0.39, 0.29) is 19.1 Å². The lowest BCUT2D eigenvalue weighted by Crippen LogP contribution is -2.14. The van der Waals surface area contributed by atoms with Crippen LogP contribution in [0.4, 0.5) is 0 Å². The first-order chi connectivity index (χ1) is 10.9. The Hall–Kier alpha value is -1.17. The van der Waals surface area contributed by atoms with Crippen LogP contribution in [0.3, 0.4) is 0 Å². The molecule has 130 valence electrons. The monoisotopic (exact) mass is 482 g/mol. The fourth-order valence-electron chi connectivity index (χ4n) is 2.43. The number of halogens is 1. The second-order valence-electron chi connectivity index (χ2n) is 5.33. The summed E-state index contributed by atoms with van der Waals surface area (Å²) in [7, 11) is -8.44. The molecule has 9 heteroatoms. The minimum Gasteiger partial charge on any atom is -0.378 e. The van der Waals surface area contributed by atoms with Crippen LogP contribution < -0.4 is 4.18 Å². The van der Waals surface area contributed by atoms with E-state index >= 15 is 0 Å². The van der Waals surface area contributed by atoms with Gasteiger partial charge in [-0.2, -0.15) is 16.8 Å². The van der Waals surface area contributed by atoms with Gasteiger partial charge in [-0.05, 0) is 72.7 Å². The van der Waals surface area contributed by atoms with Gasteiger partial charge in [-0.25, -0.2) is 0 Å². The Morgan fingerprint density at radius 3 is 1.96 bits per heavy atom. The number of benzene rings is 2. The van der Waals surface area contributed by atoms with Crippen molar-refractivity contribution < 1.29 is 25.6 Å². The molecule has 2 aromatic carbocycles. The summed E-state index contributed by atoms with van der Waals surface area (Å²) in [4.78, 5) is -0.248. The minimum absolute atomic E-state index is 0.0117. The Morgan fingerprint density at radius 2 is 1.50 bits per heavy atom. The normalized spacial score (nSPS) is 12.2. The Kier molecular flexibility index (Phi) is 5.28. The van der Waals surface area contributed by atoms with Crippen molar-refractivity contribution in [3.05, 3.63) is 50.6 Å². The number of hydrogen-bond acceptors (Lipinski definition) is 5. The quantitative estimate of drug-likeness (QED) is 0.408. The lowest BCUT2D eigenvalue weighted by atomic mass is 10.1. The van der Waals surface area contributed by atoms with Gasteiger partial charge < -0.3 is 4.18 Å². The van der Waals surface area contributed by atoms with Crippen LogP contribution in [0.5, 0.6) is 5.75 Å². The molecule has 0 fully saturated rings. The van der Waals surface area contributed by atoms with Crippen molar-refractivity contribution in [2.24, 2.45) is 0 Å². The lowest BCUT2D eigenvalue weighted by Gasteiger charge is -2.14. The molecule has 0 saturated carbocycles. The van der Waals surface area contributed by atoms with Crippen LogP contribution in [-0.4, -0.2) is 21.4 Å². The van der Waals surface area contributed by atoms with E-state index in [1.807, 2.05) is 6.92 Å².